The minimum atomic E-state index is -1.31. The Morgan fingerprint density at radius 3 is 2.83 bits per heavy atom. The predicted octanol–water partition coefficient (Wildman–Crippen LogP) is 3.18. The number of hydrogen-bond acceptors (Lipinski definition) is 5. The molecule has 0 spiro atoms. The molecule has 1 aromatic carbocycles. The summed E-state index contributed by atoms with van der Waals surface area (Å²) in [5.74, 6) is 0.288. The third-order valence-corrected chi connectivity index (χ3v) is 7.28. The highest BCUT2D eigenvalue weighted by Gasteiger charge is 2.49. The average Bonchev–Trinajstić information content (AvgIpc) is 3.38. The molecule has 3 aromatic rings. The van der Waals surface area contributed by atoms with E-state index in [1.165, 1.54) is 9.78 Å². The molecule has 1 aliphatic carbocycles. The van der Waals surface area contributed by atoms with Crippen LogP contribution in [-0.4, -0.2) is 32.4 Å². The van der Waals surface area contributed by atoms with Gasteiger partial charge in [-0.25, -0.2) is 4.98 Å². The van der Waals surface area contributed by atoms with Gasteiger partial charge < -0.3 is 15.0 Å². The van der Waals surface area contributed by atoms with Crippen molar-refractivity contribution in [3.8, 4) is 0 Å². The lowest BCUT2D eigenvalue weighted by molar-refractivity contribution is -0.141. The lowest BCUT2D eigenvalue weighted by Gasteiger charge is -2.30. The number of fused-ring (bicyclic) bond motifs is 1. The van der Waals surface area contributed by atoms with Crippen LogP contribution < -0.4 is 5.56 Å². The number of amides is 1. The van der Waals surface area contributed by atoms with Crippen LogP contribution in [0.4, 0.5) is 0 Å². The lowest BCUT2D eigenvalue weighted by Crippen LogP contribution is -2.42. The molecule has 8 heteroatoms. The van der Waals surface area contributed by atoms with E-state index in [1.54, 1.807) is 35.6 Å². The zero-order chi connectivity index (χ0) is 20.9. The molecule has 154 valence electrons. The summed E-state index contributed by atoms with van der Waals surface area (Å²) in [6.45, 7) is 0.547. The van der Waals surface area contributed by atoms with E-state index in [2.05, 4.69) is 11.1 Å². The van der Waals surface area contributed by atoms with Crippen molar-refractivity contribution in [1.29, 1.82) is 0 Å². The highest BCUT2D eigenvalue weighted by Crippen LogP contribution is 2.53. The SMILES string of the molecule is O=C([C@H](O)c1cccc(Cl)c1)N1CCc2nc(C3(c4cccs4)CC3)[nH]c(=O)c2C1. The Labute approximate surface area is 182 Å². The Hall–Kier alpha value is -2.48. The van der Waals surface area contributed by atoms with Crippen molar-refractivity contribution in [2.24, 2.45) is 0 Å². The number of H-pyrrole nitrogens is 1. The summed E-state index contributed by atoms with van der Waals surface area (Å²) >= 11 is 7.66. The molecule has 2 aromatic heterocycles. The minimum absolute atomic E-state index is 0.139. The van der Waals surface area contributed by atoms with Crippen LogP contribution >= 0.6 is 22.9 Å². The molecule has 0 saturated heterocycles. The van der Waals surface area contributed by atoms with E-state index in [9.17, 15) is 14.7 Å². The van der Waals surface area contributed by atoms with E-state index in [4.69, 9.17) is 16.6 Å². The fourth-order valence-corrected chi connectivity index (χ4v) is 5.29. The van der Waals surface area contributed by atoms with E-state index >= 15 is 0 Å². The first-order chi connectivity index (χ1) is 14.5. The molecule has 1 aliphatic heterocycles. The van der Waals surface area contributed by atoms with Gasteiger partial charge in [-0.2, -0.15) is 0 Å². The Balaban J connectivity index is 1.40. The molecule has 1 fully saturated rings. The molecule has 1 saturated carbocycles. The summed E-state index contributed by atoms with van der Waals surface area (Å²) in [4.78, 5) is 36.2. The molecule has 2 N–H and O–H groups in total. The number of rotatable bonds is 4. The summed E-state index contributed by atoms with van der Waals surface area (Å²) in [6, 6.07) is 10.7. The quantitative estimate of drug-likeness (QED) is 0.651. The van der Waals surface area contributed by atoms with Crippen molar-refractivity contribution in [2.75, 3.05) is 6.54 Å². The number of aromatic amines is 1. The summed E-state index contributed by atoms with van der Waals surface area (Å²) in [7, 11) is 0. The van der Waals surface area contributed by atoms with Crippen molar-refractivity contribution < 1.29 is 9.90 Å². The topological polar surface area (TPSA) is 86.3 Å². The molecule has 30 heavy (non-hydrogen) atoms. The van der Waals surface area contributed by atoms with Gasteiger partial charge >= 0.3 is 0 Å². The van der Waals surface area contributed by atoms with Crippen LogP contribution in [0.25, 0.3) is 0 Å². The number of nitrogens with zero attached hydrogens (tertiary/aromatic N) is 2. The number of aromatic nitrogens is 2. The summed E-state index contributed by atoms with van der Waals surface area (Å²) in [6.07, 6.45) is 1.13. The highest BCUT2D eigenvalue weighted by molar-refractivity contribution is 7.10. The maximum atomic E-state index is 12.9. The number of nitrogens with one attached hydrogen (secondary N) is 1. The zero-order valence-electron chi connectivity index (χ0n) is 16.1. The molecular formula is C22H20ClN3O3S. The first-order valence-electron chi connectivity index (χ1n) is 9.87. The first kappa shape index (κ1) is 19.5. The second kappa shape index (κ2) is 7.34. The number of benzene rings is 1. The smallest absolute Gasteiger partial charge is 0.256 e. The van der Waals surface area contributed by atoms with Crippen molar-refractivity contribution >= 4 is 28.8 Å². The summed E-state index contributed by atoms with van der Waals surface area (Å²) in [5, 5.41) is 13.0. The van der Waals surface area contributed by atoms with Crippen molar-refractivity contribution in [2.45, 2.75) is 37.3 Å². The van der Waals surface area contributed by atoms with Crippen LogP contribution in [0.1, 0.15) is 46.5 Å². The van der Waals surface area contributed by atoms with Gasteiger partial charge in [-0.1, -0.05) is 29.8 Å². The van der Waals surface area contributed by atoms with E-state index in [0.29, 0.717) is 29.1 Å². The van der Waals surface area contributed by atoms with Gasteiger partial charge in [-0.05, 0) is 42.0 Å². The van der Waals surface area contributed by atoms with E-state index < -0.39 is 12.0 Å². The number of hydrogen-bond donors (Lipinski definition) is 2. The maximum absolute atomic E-state index is 12.9. The molecule has 0 radical (unpaired) electrons. The van der Waals surface area contributed by atoms with Crippen molar-refractivity contribution in [1.82, 2.24) is 14.9 Å². The molecule has 0 unspecified atom stereocenters. The second-order valence-corrected chi connectivity index (χ2v) is 9.25. The molecule has 5 rings (SSSR count). The largest absolute Gasteiger partial charge is 0.378 e. The van der Waals surface area contributed by atoms with Gasteiger partial charge in [0.1, 0.15) is 5.82 Å². The molecule has 0 bridgehead atoms. The number of thiophene rings is 1. The third kappa shape index (κ3) is 3.27. The summed E-state index contributed by atoms with van der Waals surface area (Å²) in [5.41, 5.74) is 1.31. The molecular weight excluding hydrogens is 422 g/mol. The minimum Gasteiger partial charge on any atom is -0.378 e. The van der Waals surface area contributed by atoms with Crippen molar-refractivity contribution in [3.63, 3.8) is 0 Å². The van der Waals surface area contributed by atoms with E-state index in [-0.39, 0.29) is 17.5 Å². The molecule has 2 aliphatic rings. The molecule has 6 nitrogen and oxygen atoms in total. The normalized spacial score (nSPS) is 18.0. The Morgan fingerprint density at radius 2 is 2.13 bits per heavy atom. The highest BCUT2D eigenvalue weighted by atomic mass is 35.5. The van der Waals surface area contributed by atoms with Crippen molar-refractivity contribution in [3.05, 3.63) is 84.7 Å². The maximum Gasteiger partial charge on any atom is 0.256 e. The average molecular weight is 442 g/mol. The summed E-state index contributed by atoms with van der Waals surface area (Å²) < 4.78 is 0. The Kier molecular flexibility index (Phi) is 4.76. The number of halogens is 1. The van der Waals surface area contributed by atoms with Crippen LogP contribution in [0.2, 0.25) is 5.02 Å². The monoisotopic (exact) mass is 441 g/mol. The predicted molar refractivity (Wildman–Crippen MR) is 115 cm³/mol. The van der Waals surface area contributed by atoms with Gasteiger partial charge in [0, 0.05) is 22.9 Å². The fourth-order valence-electron chi connectivity index (χ4n) is 4.11. The first-order valence-corrected chi connectivity index (χ1v) is 11.1. The van der Waals surface area contributed by atoms with Gasteiger partial charge in [0.2, 0.25) is 0 Å². The third-order valence-electron chi connectivity index (χ3n) is 5.97. The van der Waals surface area contributed by atoms with Crippen LogP contribution in [0.15, 0.2) is 46.6 Å². The molecule has 1 amide bonds. The van der Waals surface area contributed by atoms with Crippen LogP contribution in [0.5, 0.6) is 0 Å². The van der Waals surface area contributed by atoms with Crippen LogP contribution in [0.3, 0.4) is 0 Å². The molecule has 1 atom stereocenters. The van der Waals surface area contributed by atoms with E-state index in [1.807, 2.05) is 11.4 Å². The van der Waals surface area contributed by atoms with Crippen LogP contribution in [-0.2, 0) is 23.2 Å². The molecule has 3 heterocycles. The van der Waals surface area contributed by atoms with Gasteiger partial charge in [0.15, 0.2) is 6.10 Å². The standard InChI is InChI=1S/C22H20ClN3O3S/c23-14-4-1-3-13(11-14)18(27)20(29)26-9-6-16-15(12-26)19(28)25-21(24-16)22(7-8-22)17-5-2-10-30-17/h1-5,10-11,18,27H,6-9,12H2,(H,24,25,28)/t18-/m1/s1. The fraction of sp³-hybridized carbons (Fsp3) is 0.318. The zero-order valence-corrected chi connectivity index (χ0v) is 17.7. The van der Waals surface area contributed by atoms with Gasteiger partial charge in [0.25, 0.3) is 11.5 Å². The van der Waals surface area contributed by atoms with E-state index in [0.717, 1.165) is 24.4 Å². The van der Waals surface area contributed by atoms with Gasteiger partial charge in [-0.15, -0.1) is 11.3 Å². The second-order valence-electron chi connectivity index (χ2n) is 7.87. The number of aliphatic hydroxyl groups excluding tert-OH is 1. The Morgan fingerprint density at radius 1 is 1.30 bits per heavy atom. The van der Waals surface area contributed by atoms with Crippen LogP contribution in [0, 0.1) is 0 Å². The number of carbonyl (C=O) groups is 1. The van der Waals surface area contributed by atoms with Gasteiger partial charge in [-0.3, -0.25) is 9.59 Å². The lowest BCUT2D eigenvalue weighted by atomic mass is 10.0. The Bertz CT molecular complexity index is 1170. The number of aliphatic hydroxyl groups is 1. The van der Waals surface area contributed by atoms with Gasteiger partial charge in [0.05, 0.1) is 23.2 Å². The number of carbonyl (C=O) groups excluding carboxylic acids is 1.